The van der Waals surface area contributed by atoms with Gasteiger partial charge in [0.15, 0.2) is 0 Å². The summed E-state index contributed by atoms with van der Waals surface area (Å²) in [7, 11) is 1.59. The highest BCUT2D eigenvalue weighted by atomic mass is 79.9. The van der Waals surface area contributed by atoms with Crippen molar-refractivity contribution in [1.82, 2.24) is 5.32 Å². The van der Waals surface area contributed by atoms with E-state index in [0.29, 0.717) is 18.8 Å². The van der Waals surface area contributed by atoms with Crippen molar-refractivity contribution in [2.45, 2.75) is 0 Å². The Bertz CT molecular complexity index is 875. The van der Waals surface area contributed by atoms with Gasteiger partial charge in [0.2, 0.25) is 5.91 Å². The molecule has 2 aromatic rings. The molecule has 28 heavy (non-hydrogen) atoms. The molecule has 0 radical (unpaired) electrons. The normalized spacial score (nSPS) is 14.1. The van der Waals surface area contributed by atoms with Crippen LogP contribution in [0.15, 0.2) is 53.0 Å². The fraction of sp³-hybridized carbons (Fsp3) is 0.238. The minimum atomic E-state index is -0.219. The first kappa shape index (κ1) is 20.1. The summed E-state index contributed by atoms with van der Waals surface area (Å²) in [5.74, 6) is -0.360. The van der Waals surface area contributed by atoms with Crippen LogP contribution in [0.2, 0.25) is 0 Å². The van der Waals surface area contributed by atoms with E-state index >= 15 is 0 Å². The molecule has 2 N–H and O–H groups in total. The first-order valence-corrected chi connectivity index (χ1v) is 9.79. The predicted octanol–water partition coefficient (Wildman–Crippen LogP) is 3.30. The van der Waals surface area contributed by atoms with E-state index < -0.39 is 0 Å². The van der Waals surface area contributed by atoms with E-state index in [0.717, 1.165) is 34.5 Å². The minimum Gasteiger partial charge on any atom is -0.378 e. The van der Waals surface area contributed by atoms with E-state index in [9.17, 15) is 9.59 Å². The van der Waals surface area contributed by atoms with E-state index in [-0.39, 0.29) is 11.8 Å². The Kier molecular flexibility index (Phi) is 6.84. The fourth-order valence-electron chi connectivity index (χ4n) is 2.92. The molecule has 0 atom stereocenters. The summed E-state index contributed by atoms with van der Waals surface area (Å²) in [5.41, 5.74) is 3.14. The molecular formula is C21H22BrN3O3. The maximum Gasteiger partial charge on any atom is 0.251 e. The second-order valence-corrected chi connectivity index (χ2v) is 7.20. The number of rotatable bonds is 5. The van der Waals surface area contributed by atoms with Crippen molar-refractivity contribution in [3.8, 4) is 0 Å². The van der Waals surface area contributed by atoms with Crippen molar-refractivity contribution < 1.29 is 14.3 Å². The third kappa shape index (κ3) is 5.21. The molecule has 1 fully saturated rings. The van der Waals surface area contributed by atoms with Gasteiger partial charge in [-0.2, -0.15) is 0 Å². The number of carbonyl (C=O) groups excluding carboxylic acids is 2. The van der Waals surface area contributed by atoms with Crippen LogP contribution >= 0.6 is 15.9 Å². The number of hydrogen-bond acceptors (Lipinski definition) is 4. The number of benzene rings is 2. The Labute approximate surface area is 172 Å². The fourth-order valence-corrected chi connectivity index (χ4v) is 3.29. The summed E-state index contributed by atoms with van der Waals surface area (Å²) >= 11 is 3.47. The number of ether oxygens (including phenoxy) is 1. The van der Waals surface area contributed by atoms with Gasteiger partial charge >= 0.3 is 0 Å². The smallest absolute Gasteiger partial charge is 0.251 e. The Morgan fingerprint density at radius 3 is 2.50 bits per heavy atom. The Morgan fingerprint density at radius 1 is 1.11 bits per heavy atom. The Hall–Kier alpha value is -2.64. The zero-order valence-corrected chi connectivity index (χ0v) is 17.2. The second kappa shape index (κ2) is 9.52. The molecule has 146 valence electrons. The molecule has 6 nitrogen and oxygen atoms in total. The summed E-state index contributed by atoms with van der Waals surface area (Å²) in [6.45, 7) is 2.93. The lowest BCUT2D eigenvalue weighted by Gasteiger charge is -2.30. The summed E-state index contributed by atoms with van der Waals surface area (Å²) in [6.07, 6.45) is 3.20. The summed E-state index contributed by atoms with van der Waals surface area (Å²) < 4.78 is 6.31. The van der Waals surface area contributed by atoms with Gasteiger partial charge in [-0.05, 0) is 42.0 Å². The lowest BCUT2D eigenvalue weighted by molar-refractivity contribution is -0.111. The molecule has 2 aromatic carbocycles. The lowest BCUT2D eigenvalue weighted by Crippen LogP contribution is -2.36. The second-order valence-electron chi connectivity index (χ2n) is 6.28. The number of nitrogens with zero attached hydrogens (tertiary/aromatic N) is 1. The molecule has 0 unspecified atom stereocenters. The standard InChI is InChI=1S/C21H22BrN3O3/c1-23-21(27)16-5-2-15(3-6-16)4-9-20(26)24-18-14-17(22)7-8-19(18)25-10-12-28-13-11-25/h2-9,14H,10-13H2,1H3,(H,23,27)(H,24,26)/b9-4+. The molecule has 1 saturated heterocycles. The molecule has 0 aromatic heterocycles. The van der Waals surface area contributed by atoms with Crippen LogP contribution in [-0.2, 0) is 9.53 Å². The molecule has 0 spiro atoms. The van der Waals surface area contributed by atoms with Gasteiger partial charge in [0.05, 0.1) is 24.6 Å². The Balaban J connectivity index is 1.69. The highest BCUT2D eigenvalue weighted by Crippen LogP contribution is 2.30. The number of amides is 2. The molecule has 0 saturated carbocycles. The molecule has 2 amide bonds. The Morgan fingerprint density at radius 2 is 1.82 bits per heavy atom. The van der Waals surface area contributed by atoms with Crippen LogP contribution in [0.5, 0.6) is 0 Å². The van der Waals surface area contributed by atoms with Crippen molar-refractivity contribution in [3.63, 3.8) is 0 Å². The number of carbonyl (C=O) groups is 2. The van der Waals surface area contributed by atoms with E-state index in [1.54, 1.807) is 37.4 Å². The summed E-state index contributed by atoms with van der Waals surface area (Å²) in [4.78, 5) is 26.2. The van der Waals surface area contributed by atoms with Crippen molar-refractivity contribution in [1.29, 1.82) is 0 Å². The monoisotopic (exact) mass is 443 g/mol. The van der Waals surface area contributed by atoms with Crippen molar-refractivity contribution in [3.05, 3.63) is 64.1 Å². The van der Waals surface area contributed by atoms with Crippen LogP contribution in [0.1, 0.15) is 15.9 Å². The van der Waals surface area contributed by atoms with Crippen molar-refractivity contribution in [2.24, 2.45) is 0 Å². The summed E-state index contributed by atoms with van der Waals surface area (Å²) in [6, 6.07) is 12.9. The highest BCUT2D eigenvalue weighted by molar-refractivity contribution is 9.10. The van der Waals surface area contributed by atoms with Crippen LogP contribution in [0, 0.1) is 0 Å². The number of hydrogen-bond donors (Lipinski definition) is 2. The first-order chi connectivity index (χ1) is 13.6. The maximum absolute atomic E-state index is 12.4. The van der Waals surface area contributed by atoms with Gasteiger partial charge in [-0.25, -0.2) is 0 Å². The molecule has 1 aliphatic heterocycles. The SMILES string of the molecule is CNC(=O)c1ccc(/C=C/C(=O)Nc2cc(Br)ccc2N2CCOCC2)cc1. The molecule has 3 rings (SSSR count). The van der Waals surface area contributed by atoms with Crippen LogP contribution in [-0.4, -0.2) is 45.2 Å². The average Bonchev–Trinajstić information content (AvgIpc) is 2.73. The zero-order chi connectivity index (χ0) is 19.9. The predicted molar refractivity (Wildman–Crippen MR) is 115 cm³/mol. The largest absolute Gasteiger partial charge is 0.378 e. The maximum atomic E-state index is 12.4. The van der Waals surface area contributed by atoms with E-state index in [4.69, 9.17) is 4.74 Å². The molecule has 0 aliphatic carbocycles. The number of nitrogens with one attached hydrogen (secondary N) is 2. The summed E-state index contributed by atoms with van der Waals surface area (Å²) in [5, 5.41) is 5.53. The number of halogens is 1. The van der Waals surface area contributed by atoms with Gasteiger partial charge in [0.25, 0.3) is 5.91 Å². The van der Waals surface area contributed by atoms with E-state index in [1.165, 1.54) is 6.08 Å². The molecule has 7 heteroatoms. The van der Waals surface area contributed by atoms with E-state index in [1.807, 2.05) is 18.2 Å². The van der Waals surface area contributed by atoms with Crippen LogP contribution in [0.3, 0.4) is 0 Å². The third-order valence-corrected chi connectivity index (χ3v) is 4.89. The number of morpholine rings is 1. The highest BCUT2D eigenvalue weighted by Gasteiger charge is 2.16. The van der Waals surface area contributed by atoms with E-state index in [2.05, 4.69) is 31.5 Å². The van der Waals surface area contributed by atoms with Gasteiger partial charge in [-0.1, -0.05) is 28.1 Å². The molecular weight excluding hydrogens is 422 g/mol. The third-order valence-electron chi connectivity index (χ3n) is 4.40. The van der Waals surface area contributed by atoms with Gasteiger partial charge in [0.1, 0.15) is 0 Å². The molecule has 0 bridgehead atoms. The van der Waals surface area contributed by atoms with Gasteiger partial charge in [0, 0.05) is 36.2 Å². The van der Waals surface area contributed by atoms with Gasteiger partial charge in [-0.3, -0.25) is 9.59 Å². The van der Waals surface area contributed by atoms with Gasteiger partial charge < -0.3 is 20.3 Å². The quantitative estimate of drug-likeness (QED) is 0.695. The topological polar surface area (TPSA) is 70.7 Å². The lowest BCUT2D eigenvalue weighted by atomic mass is 10.1. The van der Waals surface area contributed by atoms with Crippen molar-refractivity contribution in [2.75, 3.05) is 43.6 Å². The minimum absolute atomic E-state index is 0.140. The molecule has 1 heterocycles. The van der Waals surface area contributed by atoms with Crippen LogP contribution in [0.4, 0.5) is 11.4 Å². The molecule has 1 aliphatic rings. The van der Waals surface area contributed by atoms with Crippen LogP contribution in [0.25, 0.3) is 6.08 Å². The van der Waals surface area contributed by atoms with Crippen molar-refractivity contribution >= 4 is 45.2 Å². The van der Waals surface area contributed by atoms with Crippen LogP contribution < -0.4 is 15.5 Å². The average molecular weight is 444 g/mol. The number of anilines is 2. The van der Waals surface area contributed by atoms with Gasteiger partial charge in [-0.15, -0.1) is 0 Å². The zero-order valence-electron chi connectivity index (χ0n) is 15.6. The first-order valence-electron chi connectivity index (χ1n) is 9.00.